The Balaban J connectivity index is 1.82. The maximum absolute atomic E-state index is 10.3. The predicted molar refractivity (Wildman–Crippen MR) is 86.9 cm³/mol. The fourth-order valence-corrected chi connectivity index (χ4v) is 2.76. The summed E-state index contributed by atoms with van der Waals surface area (Å²) in [5.74, 6) is 0. The quantitative estimate of drug-likeness (QED) is 0.505. The van der Waals surface area contributed by atoms with E-state index in [1.807, 2.05) is 24.5 Å². The molecular weight excluding hydrogens is 294 g/mol. The van der Waals surface area contributed by atoms with E-state index in [-0.39, 0.29) is 0 Å². The SMILES string of the molecule is CCCC[NH+](C[C@@H](O)Cn1cccn1)C[C@@H](O)Cn1cccn1. The van der Waals surface area contributed by atoms with Crippen molar-refractivity contribution >= 4 is 0 Å². The van der Waals surface area contributed by atoms with Gasteiger partial charge in [0.25, 0.3) is 0 Å². The van der Waals surface area contributed by atoms with E-state index < -0.39 is 12.2 Å². The number of aliphatic hydroxyl groups excluding tert-OH is 2. The molecule has 0 spiro atoms. The lowest BCUT2D eigenvalue weighted by atomic mass is 10.2. The first-order valence-electron chi connectivity index (χ1n) is 8.32. The number of aromatic nitrogens is 4. The summed E-state index contributed by atoms with van der Waals surface area (Å²) in [5, 5.41) is 28.8. The van der Waals surface area contributed by atoms with Crippen LogP contribution >= 0.6 is 0 Å². The maximum atomic E-state index is 10.3. The van der Waals surface area contributed by atoms with Gasteiger partial charge in [0.1, 0.15) is 25.3 Å². The van der Waals surface area contributed by atoms with Gasteiger partial charge in [0.05, 0.1) is 19.6 Å². The van der Waals surface area contributed by atoms with Crippen LogP contribution in [0.2, 0.25) is 0 Å². The Hall–Kier alpha value is -1.70. The highest BCUT2D eigenvalue weighted by atomic mass is 16.3. The van der Waals surface area contributed by atoms with Crippen LogP contribution in [0, 0.1) is 0 Å². The Kier molecular flexibility index (Phi) is 7.25. The Morgan fingerprint density at radius 1 is 0.957 bits per heavy atom. The normalized spacial score (nSPS) is 14.3. The lowest BCUT2D eigenvalue weighted by Gasteiger charge is -2.24. The van der Waals surface area contributed by atoms with Crippen molar-refractivity contribution in [2.45, 2.75) is 45.1 Å². The number of aliphatic hydroxyl groups is 2. The molecule has 0 unspecified atom stereocenters. The zero-order valence-electron chi connectivity index (χ0n) is 13.8. The van der Waals surface area contributed by atoms with E-state index in [1.165, 1.54) is 4.90 Å². The van der Waals surface area contributed by atoms with Crippen molar-refractivity contribution in [1.29, 1.82) is 0 Å². The molecule has 2 aromatic heterocycles. The van der Waals surface area contributed by atoms with E-state index >= 15 is 0 Å². The molecule has 7 heteroatoms. The molecule has 0 saturated carbocycles. The molecule has 0 fully saturated rings. The highest BCUT2D eigenvalue weighted by Gasteiger charge is 2.19. The summed E-state index contributed by atoms with van der Waals surface area (Å²) in [6, 6.07) is 3.70. The van der Waals surface area contributed by atoms with Crippen LogP contribution in [0.5, 0.6) is 0 Å². The average Bonchev–Trinajstić information content (AvgIpc) is 3.18. The lowest BCUT2D eigenvalue weighted by Crippen LogP contribution is -3.14. The molecule has 0 aliphatic carbocycles. The highest BCUT2D eigenvalue weighted by Crippen LogP contribution is 1.92. The third kappa shape index (κ3) is 6.52. The number of nitrogens with one attached hydrogen (secondary N) is 1. The van der Waals surface area contributed by atoms with Crippen LogP contribution < -0.4 is 4.90 Å². The van der Waals surface area contributed by atoms with Crippen molar-refractivity contribution in [2.24, 2.45) is 0 Å². The molecule has 2 rings (SSSR count). The van der Waals surface area contributed by atoms with Crippen LogP contribution in [-0.4, -0.2) is 61.6 Å². The van der Waals surface area contributed by atoms with Crippen LogP contribution in [0.1, 0.15) is 19.8 Å². The molecule has 0 radical (unpaired) electrons. The minimum Gasteiger partial charge on any atom is -0.385 e. The molecule has 3 N–H and O–H groups in total. The predicted octanol–water partition coefficient (Wildman–Crippen LogP) is -0.813. The summed E-state index contributed by atoms with van der Waals surface area (Å²) >= 11 is 0. The third-order valence-corrected chi connectivity index (χ3v) is 3.85. The van der Waals surface area contributed by atoms with E-state index in [0.717, 1.165) is 19.4 Å². The van der Waals surface area contributed by atoms with E-state index in [1.54, 1.807) is 21.8 Å². The number of quaternary nitrogens is 1. The minimum absolute atomic E-state index is 0.473. The lowest BCUT2D eigenvalue weighted by molar-refractivity contribution is -0.906. The Labute approximate surface area is 137 Å². The summed E-state index contributed by atoms with van der Waals surface area (Å²) in [6.45, 7) is 5.28. The van der Waals surface area contributed by atoms with E-state index in [0.29, 0.717) is 26.2 Å². The standard InChI is InChI=1S/C16H27N5O2/c1-2-3-8-19(11-15(22)13-20-9-4-6-17-20)12-16(23)14-21-10-5-7-18-21/h4-7,9-10,15-16,22-23H,2-3,8,11-14H2,1H3/p+1/t15-,16-/m1/s1. The second kappa shape index (κ2) is 9.44. The molecule has 23 heavy (non-hydrogen) atoms. The number of unbranched alkanes of at least 4 members (excludes halogenated alkanes) is 1. The van der Waals surface area contributed by atoms with E-state index in [9.17, 15) is 10.2 Å². The first-order chi connectivity index (χ1) is 11.2. The van der Waals surface area contributed by atoms with Crippen molar-refractivity contribution in [2.75, 3.05) is 19.6 Å². The van der Waals surface area contributed by atoms with Gasteiger partial charge in [-0.05, 0) is 18.6 Å². The molecule has 0 aromatic carbocycles. The molecule has 0 aliphatic rings. The first-order valence-corrected chi connectivity index (χ1v) is 8.32. The molecule has 2 atom stereocenters. The van der Waals surface area contributed by atoms with Crippen molar-refractivity contribution in [1.82, 2.24) is 19.6 Å². The van der Waals surface area contributed by atoms with Crippen LogP contribution in [0.4, 0.5) is 0 Å². The Morgan fingerprint density at radius 3 is 1.87 bits per heavy atom. The molecule has 0 aliphatic heterocycles. The van der Waals surface area contributed by atoms with Gasteiger partial charge in [0, 0.05) is 24.8 Å². The molecule has 2 heterocycles. The van der Waals surface area contributed by atoms with Gasteiger partial charge in [-0.3, -0.25) is 9.36 Å². The topological polar surface area (TPSA) is 80.5 Å². The second-order valence-electron chi connectivity index (χ2n) is 6.03. The smallest absolute Gasteiger partial charge is 0.122 e. The Morgan fingerprint density at radius 2 is 1.48 bits per heavy atom. The highest BCUT2D eigenvalue weighted by molar-refractivity contribution is 4.79. The number of hydrogen-bond donors (Lipinski definition) is 3. The van der Waals surface area contributed by atoms with Crippen molar-refractivity contribution in [3.63, 3.8) is 0 Å². The fraction of sp³-hybridized carbons (Fsp3) is 0.625. The fourth-order valence-electron chi connectivity index (χ4n) is 2.76. The average molecular weight is 322 g/mol. The summed E-state index contributed by atoms with van der Waals surface area (Å²) in [6.07, 6.45) is 8.36. The molecule has 2 aromatic rings. The van der Waals surface area contributed by atoms with E-state index in [2.05, 4.69) is 17.1 Å². The number of nitrogens with zero attached hydrogens (tertiary/aromatic N) is 4. The van der Waals surface area contributed by atoms with Gasteiger partial charge < -0.3 is 15.1 Å². The largest absolute Gasteiger partial charge is 0.385 e. The third-order valence-electron chi connectivity index (χ3n) is 3.85. The zero-order chi connectivity index (χ0) is 16.5. The summed E-state index contributed by atoms with van der Waals surface area (Å²) < 4.78 is 3.48. The van der Waals surface area contributed by atoms with Gasteiger partial charge in [0.15, 0.2) is 0 Å². The Bertz CT molecular complexity index is 470. The molecule has 0 bridgehead atoms. The van der Waals surface area contributed by atoms with Crippen molar-refractivity contribution in [3.05, 3.63) is 36.9 Å². The number of rotatable bonds is 11. The van der Waals surface area contributed by atoms with Gasteiger partial charge in [-0.15, -0.1) is 0 Å². The van der Waals surface area contributed by atoms with Crippen molar-refractivity contribution < 1.29 is 15.1 Å². The van der Waals surface area contributed by atoms with Gasteiger partial charge in [0.2, 0.25) is 0 Å². The van der Waals surface area contributed by atoms with Crippen LogP contribution in [0.3, 0.4) is 0 Å². The zero-order valence-corrected chi connectivity index (χ0v) is 13.8. The van der Waals surface area contributed by atoms with Crippen LogP contribution in [0.15, 0.2) is 36.9 Å². The summed E-state index contributed by atoms with van der Waals surface area (Å²) in [5.41, 5.74) is 0. The van der Waals surface area contributed by atoms with Gasteiger partial charge in [-0.2, -0.15) is 10.2 Å². The number of hydrogen-bond acceptors (Lipinski definition) is 4. The molecule has 128 valence electrons. The molecule has 0 saturated heterocycles. The van der Waals surface area contributed by atoms with Gasteiger partial charge in [-0.25, -0.2) is 0 Å². The molecular formula is C16H28N5O2+. The van der Waals surface area contributed by atoms with E-state index in [4.69, 9.17) is 0 Å². The first kappa shape index (κ1) is 17.7. The minimum atomic E-state index is -0.473. The maximum Gasteiger partial charge on any atom is 0.122 e. The van der Waals surface area contributed by atoms with Crippen LogP contribution in [0.25, 0.3) is 0 Å². The molecule has 7 nitrogen and oxygen atoms in total. The van der Waals surface area contributed by atoms with Gasteiger partial charge >= 0.3 is 0 Å². The monoisotopic (exact) mass is 322 g/mol. The summed E-state index contributed by atoms with van der Waals surface area (Å²) in [4.78, 5) is 1.21. The van der Waals surface area contributed by atoms with Crippen molar-refractivity contribution in [3.8, 4) is 0 Å². The molecule has 0 amide bonds. The summed E-state index contributed by atoms with van der Waals surface area (Å²) in [7, 11) is 0. The second-order valence-corrected chi connectivity index (χ2v) is 6.03. The van der Waals surface area contributed by atoms with Crippen LogP contribution in [-0.2, 0) is 13.1 Å². The van der Waals surface area contributed by atoms with Gasteiger partial charge in [-0.1, -0.05) is 13.3 Å².